The summed E-state index contributed by atoms with van der Waals surface area (Å²) >= 11 is 0. The van der Waals surface area contributed by atoms with Crippen molar-refractivity contribution in [2.45, 2.75) is 51.2 Å². The second-order valence-electron chi connectivity index (χ2n) is 9.48. The molecule has 0 aliphatic heterocycles. The van der Waals surface area contributed by atoms with E-state index in [9.17, 15) is 27.2 Å². The maximum atomic E-state index is 13.8. The average molecular weight is 488 g/mol. The number of benzene rings is 2. The number of hydrogen-bond acceptors (Lipinski definition) is 3. The number of amides is 2. The average Bonchev–Trinajstić information content (AvgIpc) is 3.50. The van der Waals surface area contributed by atoms with Gasteiger partial charge in [0.2, 0.25) is 0 Å². The van der Waals surface area contributed by atoms with E-state index in [1.807, 2.05) is 20.8 Å². The molecule has 2 N–H and O–H groups in total. The molecular formula is C25H24F4N4O2. The molecule has 2 aromatic carbocycles. The van der Waals surface area contributed by atoms with Gasteiger partial charge in [-0.3, -0.25) is 14.3 Å². The minimum atomic E-state index is -4.80. The highest BCUT2D eigenvalue weighted by Crippen LogP contribution is 2.42. The molecular weight excluding hydrogens is 464 g/mol. The first-order valence-corrected chi connectivity index (χ1v) is 11.0. The number of hydrogen-bond donors (Lipinski definition) is 2. The van der Waals surface area contributed by atoms with Crippen LogP contribution in [-0.4, -0.2) is 21.6 Å². The van der Waals surface area contributed by atoms with Crippen molar-refractivity contribution in [1.29, 1.82) is 0 Å². The number of nitrogens with zero attached hydrogens (tertiary/aromatic N) is 2. The van der Waals surface area contributed by atoms with Gasteiger partial charge in [-0.2, -0.15) is 18.3 Å². The molecule has 0 saturated heterocycles. The van der Waals surface area contributed by atoms with Crippen molar-refractivity contribution in [3.05, 3.63) is 76.9 Å². The van der Waals surface area contributed by atoms with Crippen LogP contribution in [0.1, 0.15) is 71.6 Å². The van der Waals surface area contributed by atoms with E-state index in [1.165, 1.54) is 18.2 Å². The van der Waals surface area contributed by atoms with Crippen molar-refractivity contribution in [2.75, 3.05) is 10.6 Å². The summed E-state index contributed by atoms with van der Waals surface area (Å²) in [5.41, 5.74) is -1.10. The number of anilines is 2. The number of halogens is 4. The van der Waals surface area contributed by atoms with Crippen LogP contribution in [0.25, 0.3) is 0 Å². The van der Waals surface area contributed by atoms with Crippen molar-refractivity contribution in [1.82, 2.24) is 9.78 Å². The lowest BCUT2D eigenvalue weighted by atomic mass is 10.1. The molecule has 1 heterocycles. The Bertz CT molecular complexity index is 1270. The highest BCUT2D eigenvalue weighted by Gasteiger charge is 2.36. The first-order chi connectivity index (χ1) is 16.3. The zero-order valence-corrected chi connectivity index (χ0v) is 19.3. The minimum absolute atomic E-state index is 0.0311. The normalized spacial score (nSPS) is 14.0. The molecule has 1 aliphatic rings. The van der Waals surface area contributed by atoms with Crippen LogP contribution in [0, 0.1) is 5.82 Å². The van der Waals surface area contributed by atoms with Crippen LogP contribution >= 0.6 is 0 Å². The van der Waals surface area contributed by atoms with Gasteiger partial charge in [-0.05, 0) is 82.1 Å². The molecule has 0 radical (unpaired) electrons. The van der Waals surface area contributed by atoms with Crippen molar-refractivity contribution >= 4 is 23.2 Å². The highest BCUT2D eigenvalue weighted by molar-refractivity contribution is 6.05. The maximum absolute atomic E-state index is 13.8. The summed E-state index contributed by atoms with van der Waals surface area (Å²) in [6.45, 7) is 5.82. The predicted molar refractivity (Wildman–Crippen MR) is 123 cm³/mol. The quantitative estimate of drug-likeness (QED) is 0.421. The van der Waals surface area contributed by atoms with Crippen molar-refractivity contribution < 1.29 is 27.2 Å². The maximum Gasteiger partial charge on any atom is 0.418 e. The molecule has 3 aromatic rings. The lowest BCUT2D eigenvalue weighted by Crippen LogP contribution is -2.26. The lowest BCUT2D eigenvalue weighted by molar-refractivity contribution is -0.136. The standard InChI is InChI=1S/C25H24F4N4O2/c1-24(2,3)33-21(14-4-5-14)13-20(32-33)23(35)31-19-11-10-17(12-18(19)25(27,28)29)30-22(34)15-6-8-16(26)9-7-15/h6-14H,4-5H2,1-3H3,(H,30,34)(H,31,35). The summed E-state index contributed by atoms with van der Waals surface area (Å²) in [7, 11) is 0. The summed E-state index contributed by atoms with van der Waals surface area (Å²) in [4.78, 5) is 25.2. The number of nitrogens with one attached hydrogen (secondary N) is 2. The van der Waals surface area contributed by atoms with Crippen LogP contribution in [0.5, 0.6) is 0 Å². The Kier molecular flexibility index (Phi) is 6.16. The van der Waals surface area contributed by atoms with Crippen molar-refractivity contribution in [2.24, 2.45) is 0 Å². The molecule has 2 amide bonds. The molecule has 35 heavy (non-hydrogen) atoms. The predicted octanol–water partition coefficient (Wildman–Crippen LogP) is 6.18. The summed E-state index contributed by atoms with van der Waals surface area (Å²) in [5.74, 6) is -1.71. The molecule has 0 spiro atoms. The second kappa shape index (κ2) is 8.83. The van der Waals surface area contributed by atoms with Crippen LogP contribution in [0.4, 0.5) is 28.9 Å². The molecule has 6 nitrogen and oxygen atoms in total. The van der Waals surface area contributed by atoms with E-state index in [0.29, 0.717) is 0 Å². The van der Waals surface area contributed by atoms with Crippen LogP contribution in [0.15, 0.2) is 48.5 Å². The van der Waals surface area contributed by atoms with Gasteiger partial charge in [-0.25, -0.2) is 4.39 Å². The summed E-state index contributed by atoms with van der Waals surface area (Å²) in [6.07, 6.45) is -2.85. The molecule has 1 aromatic heterocycles. The van der Waals surface area contributed by atoms with E-state index in [0.717, 1.165) is 42.8 Å². The van der Waals surface area contributed by atoms with Gasteiger partial charge in [-0.1, -0.05) is 0 Å². The molecule has 1 saturated carbocycles. The zero-order valence-electron chi connectivity index (χ0n) is 19.3. The van der Waals surface area contributed by atoms with Gasteiger partial charge in [0.1, 0.15) is 5.82 Å². The fourth-order valence-corrected chi connectivity index (χ4v) is 3.67. The third kappa shape index (κ3) is 5.52. The van der Waals surface area contributed by atoms with Crippen LogP contribution in [0.3, 0.4) is 0 Å². The number of alkyl halides is 3. The SMILES string of the molecule is CC(C)(C)n1nc(C(=O)Nc2ccc(NC(=O)c3ccc(F)cc3)cc2C(F)(F)F)cc1C1CC1. The second-order valence-corrected chi connectivity index (χ2v) is 9.48. The highest BCUT2D eigenvalue weighted by atomic mass is 19.4. The van der Waals surface area contributed by atoms with E-state index in [1.54, 1.807) is 10.7 Å². The van der Waals surface area contributed by atoms with E-state index in [-0.39, 0.29) is 22.9 Å². The number of aromatic nitrogens is 2. The monoisotopic (exact) mass is 488 g/mol. The molecule has 0 bridgehead atoms. The van der Waals surface area contributed by atoms with Gasteiger partial charge in [0.15, 0.2) is 5.69 Å². The van der Waals surface area contributed by atoms with Crippen LogP contribution in [-0.2, 0) is 11.7 Å². The first-order valence-electron chi connectivity index (χ1n) is 11.0. The Morgan fingerprint density at radius 2 is 1.60 bits per heavy atom. The smallest absolute Gasteiger partial charge is 0.322 e. The zero-order chi connectivity index (χ0) is 25.5. The molecule has 1 fully saturated rings. The largest absolute Gasteiger partial charge is 0.418 e. The summed E-state index contributed by atoms with van der Waals surface area (Å²) in [6, 6.07) is 9.27. The van der Waals surface area contributed by atoms with Crippen LogP contribution in [0.2, 0.25) is 0 Å². The third-order valence-corrected chi connectivity index (χ3v) is 5.54. The van der Waals surface area contributed by atoms with Crippen molar-refractivity contribution in [3.8, 4) is 0 Å². The number of rotatable bonds is 5. The fraction of sp³-hybridized carbons (Fsp3) is 0.320. The minimum Gasteiger partial charge on any atom is -0.322 e. The number of carbonyl (C=O) groups is 2. The first kappa shape index (κ1) is 24.4. The Balaban J connectivity index is 1.58. The van der Waals surface area contributed by atoms with E-state index in [4.69, 9.17) is 0 Å². The van der Waals surface area contributed by atoms with Gasteiger partial charge < -0.3 is 10.6 Å². The molecule has 4 rings (SSSR count). The summed E-state index contributed by atoms with van der Waals surface area (Å²) < 4.78 is 56.2. The van der Waals surface area contributed by atoms with Crippen molar-refractivity contribution in [3.63, 3.8) is 0 Å². The lowest BCUT2D eigenvalue weighted by Gasteiger charge is -2.22. The van der Waals surface area contributed by atoms with E-state index < -0.39 is 40.6 Å². The van der Waals surface area contributed by atoms with Gasteiger partial charge in [0.25, 0.3) is 11.8 Å². The molecule has 0 unspecified atom stereocenters. The topological polar surface area (TPSA) is 76.0 Å². The molecule has 184 valence electrons. The summed E-state index contributed by atoms with van der Waals surface area (Å²) in [5, 5.41) is 9.04. The van der Waals surface area contributed by atoms with Gasteiger partial charge in [0.05, 0.1) is 16.8 Å². The molecule has 10 heteroatoms. The van der Waals surface area contributed by atoms with Gasteiger partial charge >= 0.3 is 6.18 Å². The Morgan fingerprint density at radius 1 is 0.943 bits per heavy atom. The van der Waals surface area contributed by atoms with Crippen LogP contribution < -0.4 is 10.6 Å². The Morgan fingerprint density at radius 3 is 2.17 bits per heavy atom. The van der Waals surface area contributed by atoms with Gasteiger partial charge in [-0.15, -0.1) is 0 Å². The fourth-order valence-electron chi connectivity index (χ4n) is 3.67. The molecule has 0 atom stereocenters. The Hall–Kier alpha value is -3.69. The molecule has 1 aliphatic carbocycles. The third-order valence-electron chi connectivity index (χ3n) is 5.54. The number of carbonyl (C=O) groups excluding carboxylic acids is 2. The Labute approximate surface area is 199 Å². The van der Waals surface area contributed by atoms with E-state index in [2.05, 4.69) is 15.7 Å². The van der Waals surface area contributed by atoms with E-state index >= 15 is 0 Å². The van der Waals surface area contributed by atoms with Gasteiger partial charge in [0, 0.05) is 22.9 Å².